The molecule has 0 aliphatic heterocycles. The first-order chi connectivity index (χ1) is 17.9. The van der Waals surface area contributed by atoms with Crippen LogP contribution in [0.25, 0.3) is 70.7 Å². The average Bonchev–Trinajstić information content (AvgIpc) is 2.94. The number of benzene rings is 5. The molecule has 0 radical (unpaired) electrons. The van der Waals surface area contributed by atoms with Gasteiger partial charge in [0.1, 0.15) is 0 Å². The first-order valence-corrected chi connectivity index (χ1v) is 15.1. The monoisotopic (exact) mass is 532 g/mol. The fraction of sp³-hybridized carbons (Fsp3) is 0. The van der Waals surface area contributed by atoms with E-state index in [1.165, 1.54) is 70.7 Å². The van der Waals surface area contributed by atoms with Gasteiger partial charge in [0.15, 0.2) is 0 Å². The molecule has 0 bridgehead atoms. The first-order valence-electron chi connectivity index (χ1n) is 11.8. The molecule has 0 unspecified atom stereocenters. The smallest absolute Gasteiger partial charge is 0.0838 e. The van der Waals surface area contributed by atoms with Gasteiger partial charge in [0.05, 0.1) is 70.7 Å². The zero-order chi connectivity index (χ0) is 23.4. The van der Waals surface area contributed by atoms with E-state index in [-0.39, 0.29) is 0 Å². The van der Waals surface area contributed by atoms with Crippen LogP contribution in [0.2, 0.25) is 0 Å². The largest absolute Gasteiger partial charge is 0.305 e. The lowest BCUT2D eigenvalue weighted by atomic mass is 10.2. The van der Waals surface area contributed by atoms with Gasteiger partial charge in [-0.3, -0.25) is 0 Å². The van der Waals surface area contributed by atoms with Crippen molar-refractivity contribution in [2.24, 2.45) is 0 Å². The molecule has 0 aliphatic carbocycles. The number of hydrogen-bond donors (Lipinski definition) is 0. The SMILES string of the molecule is c1ccc2c(c1)sc1c3sc4ccccc4n4c5ccccc5sc(c5sc6ccccc6n2c15)c34. The molecule has 9 rings (SSSR count). The molecule has 4 heterocycles. The normalized spacial score (nSPS) is 12.4. The zero-order valence-electron chi connectivity index (χ0n) is 18.8. The molecule has 5 aromatic carbocycles. The lowest BCUT2D eigenvalue weighted by Crippen LogP contribution is -1.98. The Labute approximate surface area is 220 Å². The molecule has 0 fully saturated rings. The molecule has 0 saturated heterocycles. The third kappa shape index (κ3) is 2.45. The standard InChI is InChI=1S/C30H16N2S4/c1-5-13-21-17(9-1)31-18-10-2-6-14-22(18)34-28-25(31)27(33-21)29-26-30(28)36-24-16-8-4-12-20(24)32(26)19-11-3-7-15-23(19)35-29/h1-16H. The molecule has 170 valence electrons. The predicted octanol–water partition coefficient (Wildman–Crippen LogP) is 10.5. The molecule has 0 aliphatic rings. The summed E-state index contributed by atoms with van der Waals surface area (Å²) in [6.45, 7) is 0. The Kier molecular flexibility index (Phi) is 3.88. The van der Waals surface area contributed by atoms with E-state index in [1.54, 1.807) is 0 Å². The Morgan fingerprint density at radius 3 is 0.861 bits per heavy atom. The fourth-order valence-electron chi connectivity index (χ4n) is 5.52. The summed E-state index contributed by atoms with van der Waals surface area (Å²) in [6.07, 6.45) is 0. The highest BCUT2D eigenvalue weighted by Crippen LogP contribution is 2.48. The van der Waals surface area contributed by atoms with Gasteiger partial charge in [-0.25, -0.2) is 0 Å². The third-order valence-electron chi connectivity index (χ3n) is 6.99. The second-order valence-corrected chi connectivity index (χ2v) is 13.2. The van der Waals surface area contributed by atoms with Crippen LogP contribution in [-0.4, -0.2) is 8.80 Å². The van der Waals surface area contributed by atoms with Gasteiger partial charge in [0.25, 0.3) is 0 Å². The van der Waals surface area contributed by atoms with Crippen molar-refractivity contribution >= 4 is 116 Å². The second-order valence-electron chi connectivity index (χ2n) is 8.96. The summed E-state index contributed by atoms with van der Waals surface area (Å²) >= 11 is 7.71. The summed E-state index contributed by atoms with van der Waals surface area (Å²) in [5.74, 6) is 0. The van der Waals surface area contributed by atoms with Gasteiger partial charge in [0.2, 0.25) is 0 Å². The van der Waals surface area contributed by atoms with Crippen LogP contribution in [0.1, 0.15) is 0 Å². The van der Waals surface area contributed by atoms with Crippen LogP contribution >= 0.6 is 45.3 Å². The third-order valence-corrected chi connectivity index (χ3v) is 11.9. The first kappa shape index (κ1) is 19.7. The van der Waals surface area contributed by atoms with Crippen molar-refractivity contribution in [1.29, 1.82) is 0 Å². The second kappa shape index (κ2) is 7.08. The predicted molar refractivity (Wildman–Crippen MR) is 163 cm³/mol. The molecule has 0 spiro atoms. The Bertz CT molecular complexity index is 2060. The highest BCUT2D eigenvalue weighted by atomic mass is 32.1. The summed E-state index contributed by atoms with van der Waals surface area (Å²) < 4.78 is 15.8. The average molecular weight is 533 g/mol. The molecule has 0 N–H and O–H groups in total. The topological polar surface area (TPSA) is 8.82 Å². The van der Waals surface area contributed by atoms with E-state index in [0.717, 1.165) is 0 Å². The van der Waals surface area contributed by atoms with Gasteiger partial charge in [-0.1, -0.05) is 48.5 Å². The van der Waals surface area contributed by atoms with Gasteiger partial charge < -0.3 is 8.80 Å². The molecule has 2 nitrogen and oxygen atoms in total. The molecular formula is C30H16N2S4. The quantitative estimate of drug-likeness (QED) is 0.136. The lowest BCUT2D eigenvalue weighted by molar-refractivity contribution is 1.33. The number of nitrogens with zero attached hydrogens (tertiary/aromatic N) is 2. The van der Waals surface area contributed by atoms with E-state index < -0.39 is 0 Å². The highest BCUT2D eigenvalue weighted by Gasteiger charge is 2.21. The maximum absolute atomic E-state index is 2.52. The van der Waals surface area contributed by atoms with Crippen LogP contribution in [0.15, 0.2) is 97.1 Å². The van der Waals surface area contributed by atoms with E-state index in [9.17, 15) is 0 Å². The lowest BCUT2D eigenvalue weighted by Gasteiger charge is -2.20. The maximum atomic E-state index is 2.52. The molecule has 0 saturated carbocycles. The van der Waals surface area contributed by atoms with Crippen molar-refractivity contribution in [1.82, 2.24) is 8.80 Å². The Morgan fingerprint density at radius 1 is 0.333 bits per heavy atom. The number of hydrogen-bond acceptors (Lipinski definition) is 4. The van der Waals surface area contributed by atoms with Crippen LogP contribution < -0.4 is 0 Å². The number of fused-ring (bicyclic) bond motifs is 10. The van der Waals surface area contributed by atoms with E-state index in [0.29, 0.717) is 0 Å². The van der Waals surface area contributed by atoms with Gasteiger partial charge in [-0.15, -0.1) is 45.3 Å². The minimum atomic E-state index is 1.27. The molecule has 0 amide bonds. The molecule has 6 heteroatoms. The Hall–Kier alpha value is -3.42. The Balaban J connectivity index is 1.75. The van der Waals surface area contributed by atoms with E-state index in [2.05, 4.69) is 106 Å². The molecular weight excluding hydrogens is 517 g/mol. The van der Waals surface area contributed by atoms with Crippen LogP contribution in [0.5, 0.6) is 0 Å². The zero-order valence-corrected chi connectivity index (χ0v) is 22.0. The number of rotatable bonds is 0. The molecule has 0 atom stereocenters. The number of aromatic nitrogens is 2. The van der Waals surface area contributed by atoms with Gasteiger partial charge in [-0.05, 0) is 48.5 Å². The molecule has 4 aromatic heterocycles. The van der Waals surface area contributed by atoms with Gasteiger partial charge >= 0.3 is 0 Å². The van der Waals surface area contributed by atoms with Crippen LogP contribution in [0.4, 0.5) is 0 Å². The van der Waals surface area contributed by atoms with Crippen LogP contribution in [0, 0.1) is 0 Å². The van der Waals surface area contributed by atoms with Crippen LogP contribution in [-0.2, 0) is 0 Å². The summed E-state index contributed by atoms with van der Waals surface area (Å²) in [6, 6.07) is 35.4. The van der Waals surface area contributed by atoms with Crippen molar-refractivity contribution in [3.05, 3.63) is 97.1 Å². The van der Waals surface area contributed by atoms with E-state index in [1.807, 2.05) is 45.3 Å². The van der Waals surface area contributed by atoms with Crippen LogP contribution in [0.3, 0.4) is 0 Å². The van der Waals surface area contributed by atoms with E-state index >= 15 is 0 Å². The van der Waals surface area contributed by atoms with Crippen molar-refractivity contribution in [3.8, 4) is 0 Å². The van der Waals surface area contributed by atoms with Crippen molar-refractivity contribution in [2.75, 3.05) is 0 Å². The van der Waals surface area contributed by atoms with Gasteiger partial charge in [0, 0.05) is 0 Å². The summed E-state index contributed by atoms with van der Waals surface area (Å²) in [5.41, 5.74) is 7.78. The van der Waals surface area contributed by atoms with Gasteiger partial charge in [-0.2, -0.15) is 0 Å². The van der Waals surface area contributed by atoms with Crippen molar-refractivity contribution in [2.45, 2.75) is 0 Å². The fourth-order valence-corrected chi connectivity index (χ4v) is 10.6. The molecule has 36 heavy (non-hydrogen) atoms. The maximum Gasteiger partial charge on any atom is 0.0838 e. The summed E-state index contributed by atoms with van der Waals surface area (Å²) in [7, 11) is 0. The molecule has 9 aromatic rings. The van der Waals surface area contributed by atoms with Crippen molar-refractivity contribution < 1.29 is 0 Å². The van der Waals surface area contributed by atoms with Crippen molar-refractivity contribution in [3.63, 3.8) is 0 Å². The summed E-state index contributed by atoms with van der Waals surface area (Å²) in [4.78, 5) is 0. The minimum absolute atomic E-state index is 1.27. The minimum Gasteiger partial charge on any atom is -0.305 e. The number of para-hydroxylation sites is 4. The highest BCUT2D eigenvalue weighted by molar-refractivity contribution is 7.36. The Morgan fingerprint density at radius 2 is 0.583 bits per heavy atom. The summed E-state index contributed by atoms with van der Waals surface area (Å²) in [5, 5.41) is 0. The van der Waals surface area contributed by atoms with E-state index in [4.69, 9.17) is 0 Å².